The molecule has 0 fully saturated rings. The van der Waals surface area contributed by atoms with Gasteiger partial charge in [-0.25, -0.2) is 9.78 Å². The van der Waals surface area contributed by atoms with Crippen LogP contribution in [0.25, 0.3) is 0 Å². The summed E-state index contributed by atoms with van der Waals surface area (Å²) in [4.78, 5) is 25.1. The van der Waals surface area contributed by atoms with E-state index in [1.54, 1.807) is 19.1 Å². The third-order valence-electron chi connectivity index (χ3n) is 3.16. The van der Waals surface area contributed by atoms with Gasteiger partial charge in [0.05, 0.1) is 30.4 Å². The Kier molecular flexibility index (Phi) is 6.28. The number of nitro benzene ring substituents is 1. The summed E-state index contributed by atoms with van der Waals surface area (Å²) in [6.45, 7) is 1.68. The molecule has 0 saturated carbocycles. The number of pyridine rings is 1. The molecule has 0 aliphatic heterocycles. The predicted octanol–water partition coefficient (Wildman–Crippen LogP) is 3.03. The number of hydrogen-bond acceptors (Lipinski definition) is 7. The molecular formula is C16H17N3O7. The molecule has 26 heavy (non-hydrogen) atoms. The molecule has 1 aromatic heterocycles. The molecule has 0 saturated heterocycles. The van der Waals surface area contributed by atoms with E-state index in [2.05, 4.69) is 10.3 Å². The molecule has 1 amide bonds. The highest BCUT2D eigenvalue weighted by Crippen LogP contribution is 2.31. The van der Waals surface area contributed by atoms with Crippen molar-refractivity contribution in [2.24, 2.45) is 0 Å². The van der Waals surface area contributed by atoms with Crippen LogP contribution in [0.2, 0.25) is 0 Å². The van der Waals surface area contributed by atoms with E-state index >= 15 is 0 Å². The van der Waals surface area contributed by atoms with Gasteiger partial charge in [0.25, 0.3) is 0 Å². The Morgan fingerprint density at radius 2 is 2.15 bits per heavy atom. The van der Waals surface area contributed by atoms with Crippen molar-refractivity contribution in [1.82, 2.24) is 4.98 Å². The number of hydrogen-bond donors (Lipinski definition) is 2. The number of methoxy groups -OCH3 is 1. The van der Waals surface area contributed by atoms with Crippen LogP contribution in [0.1, 0.15) is 12.6 Å². The maximum Gasteiger partial charge on any atom is 0.410 e. The number of carbonyl (C=O) groups is 1. The van der Waals surface area contributed by atoms with Crippen LogP contribution in [0.15, 0.2) is 36.4 Å². The van der Waals surface area contributed by atoms with Crippen LogP contribution in [0, 0.1) is 10.1 Å². The first-order valence-electron chi connectivity index (χ1n) is 7.45. The van der Waals surface area contributed by atoms with Gasteiger partial charge in [0, 0.05) is 0 Å². The van der Waals surface area contributed by atoms with E-state index in [4.69, 9.17) is 19.3 Å². The third-order valence-corrected chi connectivity index (χ3v) is 3.16. The lowest BCUT2D eigenvalue weighted by molar-refractivity contribution is -0.385. The summed E-state index contributed by atoms with van der Waals surface area (Å²) in [5.74, 6) is 0.556. The lowest BCUT2D eigenvalue weighted by Gasteiger charge is -2.15. The topological polar surface area (TPSA) is 133 Å². The van der Waals surface area contributed by atoms with Crippen molar-refractivity contribution >= 4 is 17.6 Å². The Hall–Kier alpha value is -3.40. The molecule has 1 atom stereocenters. The minimum atomic E-state index is -1.21. The second kappa shape index (κ2) is 8.62. The van der Waals surface area contributed by atoms with Crippen molar-refractivity contribution in [2.45, 2.75) is 19.8 Å². The molecule has 2 rings (SSSR count). The summed E-state index contributed by atoms with van der Waals surface area (Å²) < 4.78 is 15.9. The highest BCUT2D eigenvalue weighted by atomic mass is 16.7. The van der Waals surface area contributed by atoms with Gasteiger partial charge in [-0.05, 0) is 31.2 Å². The minimum Gasteiger partial charge on any atom is -0.490 e. The summed E-state index contributed by atoms with van der Waals surface area (Å²) in [6.07, 6.45) is -1.94. The zero-order chi connectivity index (χ0) is 19.1. The van der Waals surface area contributed by atoms with Gasteiger partial charge in [-0.1, -0.05) is 6.07 Å². The Bertz CT molecular complexity index is 797. The number of nitro groups is 1. The van der Waals surface area contributed by atoms with Crippen LogP contribution < -0.4 is 14.8 Å². The standard InChI is InChI=1S/C16H17N3O7/c1-10(25-9-11-4-3-5-15(17-11)18-16(20)21)26-12-6-7-14(24-2)13(8-12)19(22)23/h3-8,10H,9H2,1-2H3,(H,17,18)(H,20,21). The lowest BCUT2D eigenvalue weighted by atomic mass is 10.3. The van der Waals surface area contributed by atoms with Crippen LogP contribution in [-0.2, 0) is 11.3 Å². The van der Waals surface area contributed by atoms with Crippen molar-refractivity contribution in [1.29, 1.82) is 0 Å². The van der Waals surface area contributed by atoms with E-state index in [1.165, 1.54) is 31.4 Å². The van der Waals surface area contributed by atoms with Crippen molar-refractivity contribution < 1.29 is 29.0 Å². The fourth-order valence-corrected chi connectivity index (χ4v) is 2.05. The van der Waals surface area contributed by atoms with Gasteiger partial charge in [0.1, 0.15) is 11.6 Å². The molecule has 0 aliphatic rings. The van der Waals surface area contributed by atoms with E-state index in [1.807, 2.05) is 0 Å². The summed E-state index contributed by atoms with van der Waals surface area (Å²) >= 11 is 0. The second-order valence-electron chi connectivity index (χ2n) is 5.03. The minimum absolute atomic E-state index is 0.0640. The zero-order valence-electron chi connectivity index (χ0n) is 14.0. The van der Waals surface area contributed by atoms with Crippen LogP contribution in [0.5, 0.6) is 11.5 Å². The molecule has 2 N–H and O–H groups in total. The number of rotatable bonds is 8. The first-order chi connectivity index (χ1) is 12.4. The summed E-state index contributed by atoms with van der Waals surface area (Å²) in [6, 6.07) is 9.01. The van der Waals surface area contributed by atoms with Crippen molar-refractivity contribution in [2.75, 3.05) is 12.4 Å². The number of ether oxygens (including phenoxy) is 3. The fraction of sp³-hybridized carbons (Fsp3) is 0.250. The van der Waals surface area contributed by atoms with E-state index in [-0.39, 0.29) is 29.6 Å². The zero-order valence-corrected chi connectivity index (χ0v) is 14.0. The van der Waals surface area contributed by atoms with E-state index in [0.717, 1.165) is 0 Å². The molecule has 0 bridgehead atoms. The number of benzene rings is 1. The molecule has 1 unspecified atom stereocenters. The van der Waals surface area contributed by atoms with Crippen LogP contribution in [-0.4, -0.2) is 34.5 Å². The molecule has 1 aromatic carbocycles. The van der Waals surface area contributed by atoms with Gasteiger partial charge in [-0.3, -0.25) is 15.4 Å². The molecule has 2 aromatic rings. The monoisotopic (exact) mass is 363 g/mol. The number of nitrogens with one attached hydrogen (secondary N) is 1. The molecule has 0 spiro atoms. The Morgan fingerprint density at radius 1 is 1.38 bits per heavy atom. The van der Waals surface area contributed by atoms with E-state index in [0.29, 0.717) is 5.69 Å². The van der Waals surface area contributed by atoms with E-state index in [9.17, 15) is 14.9 Å². The number of aromatic nitrogens is 1. The van der Waals surface area contributed by atoms with Crippen molar-refractivity contribution in [3.05, 3.63) is 52.2 Å². The summed E-state index contributed by atoms with van der Waals surface area (Å²) in [5, 5.41) is 21.8. The summed E-state index contributed by atoms with van der Waals surface area (Å²) in [5.41, 5.74) is 0.277. The maximum absolute atomic E-state index is 11.0. The number of anilines is 1. The lowest BCUT2D eigenvalue weighted by Crippen LogP contribution is -2.17. The fourth-order valence-electron chi connectivity index (χ4n) is 2.05. The predicted molar refractivity (Wildman–Crippen MR) is 90.4 cm³/mol. The average molecular weight is 363 g/mol. The van der Waals surface area contributed by atoms with E-state index < -0.39 is 17.3 Å². The normalized spacial score (nSPS) is 11.5. The van der Waals surface area contributed by atoms with Crippen molar-refractivity contribution in [3.8, 4) is 11.5 Å². The maximum atomic E-state index is 11.0. The Morgan fingerprint density at radius 3 is 2.81 bits per heavy atom. The van der Waals surface area contributed by atoms with Gasteiger partial charge in [0.2, 0.25) is 0 Å². The molecule has 10 heteroatoms. The molecule has 10 nitrogen and oxygen atoms in total. The van der Waals surface area contributed by atoms with Crippen LogP contribution >= 0.6 is 0 Å². The Balaban J connectivity index is 1.97. The van der Waals surface area contributed by atoms with Gasteiger partial charge < -0.3 is 19.3 Å². The van der Waals surface area contributed by atoms with Crippen LogP contribution in [0.4, 0.5) is 16.3 Å². The van der Waals surface area contributed by atoms with Crippen molar-refractivity contribution in [3.63, 3.8) is 0 Å². The molecule has 1 heterocycles. The largest absolute Gasteiger partial charge is 0.490 e. The van der Waals surface area contributed by atoms with Gasteiger partial charge in [-0.2, -0.15) is 0 Å². The van der Waals surface area contributed by atoms with Gasteiger partial charge >= 0.3 is 11.8 Å². The molecule has 0 aliphatic carbocycles. The SMILES string of the molecule is COc1ccc(OC(C)OCc2cccc(NC(=O)O)n2)cc1[N+](=O)[O-]. The molecular weight excluding hydrogens is 346 g/mol. The van der Waals surface area contributed by atoms with Gasteiger partial charge in [-0.15, -0.1) is 0 Å². The molecule has 0 radical (unpaired) electrons. The number of carboxylic acid groups (broad SMARTS) is 1. The average Bonchev–Trinajstić information content (AvgIpc) is 2.59. The quantitative estimate of drug-likeness (QED) is 0.415. The first-order valence-corrected chi connectivity index (χ1v) is 7.45. The Labute approximate surface area is 148 Å². The highest BCUT2D eigenvalue weighted by Gasteiger charge is 2.17. The summed E-state index contributed by atoms with van der Waals surface area (Å²) in [7, 11) is 1.34. The second-order valence-corrected chi connectivity index (χ2v) is 5.03. The van der Waals surface area contributed by atoms with Crippen LogP contribution in [0.3, 0.4) is 0 Å². The third kappa shape index (κ3) is 5.31. The highest BCUT2D eigenvalue weighted by molar-refractivity contribution is 5.81. The van der Waals surface area contributed by atoms with Gasteiger partial charge in [0.15, 0.2) is 12.0 Å². The number of amides is 1. The smallest absolute Gasteiger partial charge is 0.410 e. The molecule has 138 valence electrons. The first kappa shape index (κ1) is 18.9. The number of nitrogens with zero attached hydrogens (tertiary/aromatic N) is 2.